The molecule has 1 aromatic carbocycles. The molecule has 1 N–H and O–H groups in total. The predicted octanol–water partition coefficient (Wildman–Crippen LogP) is 4.40. The van der Waals surface area contributed by atoms with E-state index >= 15 is 0 Å². The summed E-state index contributed by atoms with van der Waals surface area (Å²) in [6.45, 7) is 2.27. The monoisotopic (exact) mass is 376 g/mol. The van der Waals surface area contributed by atoms with E-state index in [4.69, 9.17) is 0 Å². The van der Waals surface area contributed by atoms with Gasteiger partial charge in [0.1, 0.15) is 0 Å². The number of amides is 1. The summed E-state index contributed by atoms with van der Waals surface area (Å²) in [5.74, 6) is 0.592. The molecule has 0 fully saturated rings. The number of carbonyl (C=O) groups is 1. The first-order chi connectivity index (χ1) is 10.6. The van der Waals surface area contributed by atoms with E-state index in [1.54, 1.807) is 17.6 Å². The van der Waals surface area contributed by atoms with Crippen molar-refractivity contribution in [3.8, 4) is 0 Å². The molecule has 1 aliphatic carbocycles. The molecule has 22 heavy (non-hydrogen) atoms. The second-order valence-corrected chi connectivity index (χ2v) is 7.71. The Morgan fingerprint density at radius 2 is 2.18 bits per heavy atom. The second-order valence-electron chi connectivity index (χ2n) is 5.66. The SMILES string of the molecule is C[C@H]1CCc2sc(C(=O)N/N=C\c3ccc(Br)cc3)cc2C1. The second kappa shape index (κ2) is 6.75. The number of nitrogens with one attached hydrogen (secondary N) is 1. The van der Waals surface area contributed by atoms with Crippen LogP contribution in [0.15, 0.2) is 39.9 Å². The molecule has 1 aromatic heterocycles. The zero-order chi connectivity index (χ0) is 15.5. The lowest BCUT2D eigenvalue weighted by Crippen LogP contribution is -2.16. The number of rotatable bonds is 3. The first-order valence-electron chi connectivity index (χ1n) is 7.32. The van der Waals surface area contributed by atoms with E-state index in [1.165, 1.54) is 16.9 Å². The summed E-state index contributed by atoms with van der Waals surface area (Å²) in [6, 6.07) is 9.78. The van der Waals surface area contributed by atoms with Gasteiger partial charge in [0, 0.05) is 9.35 Å². The molecule has 2 aromatic rings. The Morgan fingerprint density at radius 3 is 2.95 bits per heavy atom. The number of benzene rings is 1. The average Bonchev–Trinajstić information content (AvgIpc) is 2.92. The lowest BCUT2D eigenvalue weighted by molar-refractivity contribution is 0.0959. The molecular formula is C17H17BrN2OS. The molecule has 0 saturated heterocycles. The zero-order valence-electron chi connectivity index (χ0n) is 12.3. The van der Waals surface area contributed by atoms with E-state index < -0.39 is 0 Å². The van der Waals surface area contributed by atoms with E-state index in [-0.39, 0.29) is 5.91 Å². The molecule has 1 amide bonds. The van der Waals surface area contributed by atoms with Crippen molar-refractivity contribution in [2.45, 2.75) is 26.2 Å². The number of aryl methyl sites for hydroxylation is 1. The number of hydrazone groups is 1. The van der Waals surface area contributed by atoms with Gasteiger partial charge in [-0.05, 0) is 54.5 Å². The predicted molar refractivity (Wildman–Crippen MR) is 94.7 cm³/mol. The number of fused-ring (bicyclic) bond motifs is 1. The van der Waals surface area contributed by atoms with Crippen LogP contribution in [0.3, 0.4) is 0 Å². The average molecular weight is 377 g/mol. The maximum absolute atomic E-state index is 12.2. The smallest absolute Gasteiger partial charge is 0.266 e. The standard InChI is InChI=1S/C17H17BrN2OS/c1-11-2-7-15-13(8-11)9-16(22-15)17(21)20-19-10-12-3-5-14(18)6-4-12/h3-6,9-11H,2,7-8H2,1H3,(H,20,21)/b19-10-/t11-/m0/s1. The third-order valence-corrected chi connectivity index (χ3v) is 5.57. The molecule has 0 spiro atoms. The number of halogens is 1. The van der Waals surface area contributed by atoms with Gasteiger partial charge in [-0.3, -0.25) is 4.79 Å². The van der Waals surface area contributed by atoms with Crippen molar-refractivity contribution in [3.05, 3.63) is 55.7 Å². The molecule has 0 saturated carbocycles. The normalized spacial score (nSPS) is 17.5. The minimum Gasteiger partial charge on any atom is -0.266 e. The first-order valence-corrected chi connectivity index (χ1v) is 8.93. The highest BCUT2D eigenvalue weighted by Gasteiger charge is 2.20. The fraction of sp³-hybridized carbons (Fsp3) is 0.294. The minimum atomic E-state index is -0.125. The fourth-order valence-corrected chi connectivity index (χ4v) is 3.95. The molecule has 1 atom stereocenters. The van der Waals surface area contributed by atoms with Crippen LogP contribution in [0, 0.1) is 5.92 Å². The van der Waals surface area contributed by atoms with Gasteiger partial charge in [-0.2, -0.15) is 5.10 Å². The lowest BCUT2D eigenvalue weighted by Gasteiger charge is -2.16. The third kappa shape index (κ3) is 3.65. The molecule has 5 heteroatoms. The number of thiophene rings is 1. The zero-order valence-corrected chi connectivity index (χ0v) is 14.7. The topological polar surface area (TPSA) is 41.5 Å². The molecule has 0 aliphatic heterocycles. The van der Waals surface area contributed by atoms with Gasteiger partial charge in [-0.15, -0.1) is 11.3 Å². The number of nitrogens with zero attached hydrogens (tertiary/aromatic N) is 1. The minimum absolute atomic E-state index is 0.125. The van der Waals surface area contributed by atoms with E-state index in [0.717, 1.165) is 27.8 Å². The molecule has 3 rings (SSSR count). The van der Waals surface area contributed by atoms with Gasteiger partial charge in [0.15, 0.2) is 0 Å². The van der Waals surface area contributed by atoms with Crippen LogP contribution < -0.4 is 5.43 Å². The lowest BCUT2D eigenvalue weighted by atomic mass is 9.90. The maximum atomic E-state index is 12.2. The summed E-state index contributed by atoms with van der Waals surface area (Å²) >= 11 is 4.99. The van der Waals surface area contributed by atoms with Crippen molar-refractivity contribution < 1.29 is 4.79 Å². The van der Waals surface area contributed by atoms with E-state index in [2.05, 4.69) is 33.4 Å². The van der Waals surface area contributed by atoms with E-state index in [1.807, 2.05) is 30.3 Å². The van der Waals surface area contributed by atoms with Crippen LogP contribution in [0.5, 0.6) is 0 Å². The van der Waals surface area contributed by atoms with Gasteiger partial charge in [-0.1, -0.05) is 35.0 Å². The van der Waals surface area contributed by atoms with E-state index in [0.29, 0.717) is 5.92 Å². The van der Waals surface area contributed by atoms with Gasteiger partial charge >= 0.3 is 0 Å². The summed E-state index contributed by atoms with van der Waals surface area (Å²) in [4.78, 5) is 14.3. The van der Waals surface area contributed by atoms with Crippen molar-refractivity contribution >= 4 is 39.4 Å². The van der Waals surface area contributed by atoms with Crippen LogP contribution in [0.25, 0.3) is 0 Å². The Hall–Kier alpha value is -1.46. The van der Waals surface area contributed by atoms with Crippen molar-refractivity contribution in [1.29, 1.82) is 0 Å². The van der Waals surface area contributed by atoms with Crippen LogP contribution in [0.2, 0.25) is 0 Å². The first kappa shape index (κ1) is 15.4. The molecular weight excluding hydrogens is 360 g/mol. The van der Waals surface area contributed by atoms with Crippen molar-refractivity contribution in [3.63, 3.8) is 0 Å². The molecule has 1 heterocycles. The van der Waals surface area contributed by atoms with Crippen LogP contribution >= 0.6 is 27.3 Å². The van der Waals surface area contributed by atoms with Crippen LogP contribution in [-0.4, -0.2) is 12.1 Å². The summed E-state index contributed by atoms with van der Waals surface area (Å²) in [7, 11) is 0. The fourth-order valence-electron chi connectivity index (χ4n) is 2.59. The van der Waals surface area contributed by atoms with Crippen molar-refractivity contribution in [2.75, 3.05) is 0 Å². The van der Waals surface area contributed by atoms with Crippen LogP contribution in [0.1, 0.15) is 39.0 Å². The molecule has 0 radical (unpaired) electrons. The molecule has 3 nitrogen and oxygen atoms in total. The van der Waals surface area contributed by atoms with Gasteiger partial charge in [-0.25, -0.2) is 5.43 Å². The van der Waals surface area contributed by atoms with Gasteiger partial charge in [0.2, 0.25) is 0 Å². The number of carbonyl (C=O) groups excluding carboxylic acids is 1. The Morgan fingerprint density at radius 1 is 1.41 bits per heavy atom. The highest BCUT2D eigenvalue weighted by molar-refractivity contribution is 9.10. The Kier molecular flexibility index (Phi) is 4.74. The Labute approximate surface area is 142 Å². The summed E-state index contributed by atoms with van der Waals surface area (Å²) in [6.07, 6.45) is 5.05. The van der Waals surface area contributed by atoms with Crippen LogP contribution in [-0.2, 0) is 12.8 Å². The van der Waals surface area contributed by atoms with Crippen molar-refractivity contribution in [2.24, 2.45) is 11.0 Å². The van der Waals surface area contributed by atoms with Gasteiger partial charge in [0.05, 0.1) is 11.1 Å². The molecule has 114 valence electrons. The Balaban J connectivity index is 1.64. The summed E-state index contributed by atoms with van der Waals surface area (Å²) in [5, 5.41) is 4.04. The third-order valence-electron chi connectivity index (χ3n) is 3.80. The molecule has 0 unspecified atom stereocenters. The largest absolute Gasteiger partial charge is 0.281 e. The van der Waals surface area contributed by atoms with Crippen molar-refractivity contribution in [1.82, 2.24) is 5.43 Å². The summed E-state index contributed by atoms with van der Waals surface area (Å²) in [5.41, 5.74) is 4.90. The highest BCUT2D eigenvalue weighted by atomic mass is 79.9. The number of hydrogen-bond donors (Lipinski definition) is 1. The summed E-state index contributed by atoms with van der Waals surface area (Å²) < 4.78 is 1.02. The molecule has 0 bridgehead atoms. The molecule has 1 aliphatic rings. The highest BCUT2D eigenvalue weighted by Crippen LogP contribution is 2.32. The number of hydrogen-bond acceptors (Lipinski definition) is 3. The van der Waals surface area contributed by atoms with E-state index in [9.17, 15) is 4.79 Å². The van der Waals surface area contributed by atoms with Gasteiger partial charge in [0.25, 0.3) is 5.91 Å². The quantitative estimate of drug-likeness (QED) is 0.625. The maximum Gasteiger partial charge on any atom is 0.281 e. The Bertz CT molecular complexity index is 706. The van der Waals surface area contributed by atoms with Gasteiger partial charge < -0.3 is 0 Å². The van der Waals surface area contributed by atoms with Crippen LogP contribution in [0.4, 0.5) is 0 Å².